The quantitative estimate of drug-likeness (QED) is 0.873. The number of aryl methyl sites for hydroxylation is 1. The Morgan fingerprint density at radius 1 is 1.41 bits per heavy atom. The van der Waals surface area contributed by atoms with Crippen molar-refractivity contribution < 1.29 is 4.39 Å². The highest BCUT2D eigenvalue weighted by atomic mass is 19.1. The second kappa shape index (κ2) is 4.58. The van der Waals surface area contributed by atoms with Gasteiger partial charge in [-0.2, -0.15) is 4.68 Å². The predicted octanol–water partition coefficient (Wildman–Crippen LogP) is 1.39. The Morgan fingerprint density at radius 3 is 2.82 bits per heavy atom. The first-order valence-electron chi connectivity index (χ1n) is 5.35. The molecular weight excluding hydrogens is 221 g/mol. The molecular formula is C11H14FN5. The Balaban J connectivity index is 2.46. The normalized spacial score (nSPS) is 12.7. The first kappa shape index (κ1) is 11.7. The van der Waals surface area contributed by atoms with Crippen LogP contribution in [0, 0.1) is 12.7 Å². The molecule has 0 bridgehead atoms. The molecule has 90 valence electrons. The van der Waals surface area contributed by atoms with E-state index >= 15 is 0 Å². The van der Waals surface area contributed by atoms with Gasteiger partial charge in [-0.15, -0.1) is 5.10 Å². The molecule has 1 heterocycles. The summed E-state index contributed by atoms with van der Waals surface area (Å²) in [5.41, 5.74) is 1.22. The molecule has 0 spiro atoms. The van der Waals surface area contributed by atoms with E-state index in [-0.39, 0.29) is 11.9 Å². The van der Waals surface area contributed by atoms with E-state index in [4.69, 9.17) is 0 Å². The Hall–Kier alpha value is -1.82. The van der Waals surface area contributed by atoms with Gasteiger partial charge < -0.3 is 5.32 Å². The molecule has 0 aliphatic carbocycles. The van der Waals surface area contributed by atoms with E-state index < -0.39 is 0 Å². The molecule has 2 rings (SSSR count). The number of tetrazole rings is 1. The minimum absolute atomic E-state index is 0.00522. The summed E-state index contributed by atoms with van der Waals surface area (Å²) >= 11 is 0. The molecule has 1 N–H and O–H groups in total. The molecule has 2 aromatic rings. The lowest BCUT2D eigenvalue weighted by atomic mass is 10.2. The zero-order valence-electron chi connectivity index (χ0n) is 9.98. The van der Waals surface area contributed by atoms with Crippen LogP contribution in [0.15, 0.2) is 18.2 Å². The predicted molar refractivity (Wildman–Crippen MR) is 61.3 cm³/mol. The Morgan fingerprint density at radius 2 is 2.18 bits per heavy atom. The van der Waals surface area contributed by atoms with E-state index in [0.29, 0.717) is 17.1 Å². The minimum atomic E-state index is -0.263. The number of rotatable bonds is 3. The summed E-state index contributed by atoms with van der Waals surface area (Å²) in [5.74, 6) is 0.386. The number of benzene rings is 1. The average molecular weight is 235 g/mol. The van der Waals surface area contributed by atoms with Crippen LogP contribution in [0.1, 0.15) is 24.4 Å². The fourth-order valence-electron chi connectivity index (χ4n) is 1.49. The monoisotopic (exact) mass is 235 g/mol. The Kier molecular flexibility index (Phi) is 3.14. The fourth-order valence-corrected chi connectivity index (χ4v) is 1.49. The maximum absolute atomic E-state index is 13.5. The van der Waals surface area contributed by atoms with Crippen molar-refractivity contribution in [3.8, 4) is 5.69 Å². The van der Waals surface area contributed by atoms with Crippen molar-refractivity contribution in [3.05, 3.63) is 35.4 Å². The molecule has 0 fully saturated rings. The topological polar surface area (TPSA) is 55.6 Å². The SMILES string of the molecule is CNC(C)c1nnnn1-c1ccc(C)c(F)c1. The van der Waals surface area contributed by atoms with E-state index in [2.05, 4.69) is 20.8 Å². The number of nitrogens with zero attached hydrogens (tertiary/aromatic N) is 4. The fraction of sp³-hybridized carbons (Fsp3) is 0.364. The maximum atomic E-state index is 13.5. The molecule has 6 heteroatoms. The molecule has 0 saturated carbocycles. The molecule has 0 saturated heterocycles. The summed E-state index contributed by atoms with van der Waals surface area (Å²) in [6.07, 6.45) is 0. The van der Waals surface area contributed by atoms with Gasteiger partial charge in [-0.05, 0) is 49.0 Å². The van der Waals surface area contributed by atoms with Crippen LogP contribution in [0.5, 0.6) is 0 Å². The lowest BCUT2D eigenvalue weighted by molar-refractivity contribution is 0.584. The van der Waals surface area contributed by atoms with Gasteiger partial charge in [0.2, 0.25) is 0 Å². The molecule has 0 aliphatic rings. The van der Waals surface area contributed by atoms with Crippen molar-refractivity contribution in [1.82, 2.24) is 25.5 Å². The van der Waals surface area contributed by atoms with Crippen molar-refractivity contribution >= 4 is 0 Å². The third-order valence-corrected chi connectivity index (χ3v) is 2.71. The zero-order chi connectivity index (χ0) is 12.4. The summed E-state index contributed by atoms with van der Waals surface area (Å²) < 4.78 is 15.0. The third-order valence-electron chi connectivity index (χ3n) is 2.71. The molecule has 0 radical (unpaired) electrons. The largest absolute Gasteiger partial charge is 0.311 e. The summed E-state index contributed by atoms with van der Waals surface area (Å²) in [5, 5.41) is 14.5. The van der Waals surface area contributed by atoms with Gasteiger partial charge in [0.05, 0.1) is 11.7 Å². The molecule has 0 amide bonds. The molecule has 5 nitrogen and oxygen atoms in total. The lowest BCUT2D eigenvalue weighted by Gasteiger charge is -2.10. The smallest absolute Gasteiger partial charge is 0.173 e. The van der Waals surface area contributed by atoms with Crippen LogP contribution in [0.25, 0.3) is 5.69 Å². The first-order valence-corrected chi connectivity index (χ1v) is 5.35. The van der Waals surface area contributed by atoms with E-state index in [1.54, 1.807) is 19.1 Å². The highest BCUT2D eigenvalue weighted by Crippen LogP contribution is 2.16. The van der Waals surface area contributed by atoms with Gasteiger partial charge in [0, 0.05) is 0 Å². The van der Waals surface area contributed by atoms with Gasteiger partial charge in [-0.25, -0.2) is 4.39 Å². The van der Waals surface area contributed by atoms with Crippen molar-refractivity contribution in [3.63, 3.8) is 0 Å². The number of aromatic nitrogens is 4. The van der Waals surface area contributed by atoms with E-state index in [0.717, 1.165) is 0 Å². The minimum Gasteiger partial charge on any atom is -0.311 e. The van der Waals surface area contributed by atoms with Crippen LogP contribution >= 0.6 is 0 Å². The third kappa shape index (κ3) is 2.16. The van der Waals surface area contributed by atoms with Gasteiger partial charge in [-0.1, -0.05) is 6.07 Å². The van der Waals surface area contributed by atoms with Crippen LogP contribution < -0.4 is 5.32 Å². The van der Waals surface area contributed by atoms with Crippen molar-refractivity contribution in [1.29, 1.82) is 0 Å². The van der Waals surface area contributed by atoms with Crippen molar-refractivity contribution in [2.75, 3.05) is 7.05 Å². The molecule has 1 atom stereocenters. The molecule has 1 unspecified atom stereocenters. The van der Waals surface area contributed by atoms with Crippen LogP contribution in [0.2, 0.25) is 0 Å². The molecule has 0 aliphatic heterocycles. The lowest BCUT2D eigenvalue weighted by Crippen LogP contribution is -2.17. The van der Waals surface area contributed by atoms with E-state index in [9.17, 15) is 4.39 Å². The van der Waals surface area contributed by atoms with E-state index in [1.807, 2.05) is 14.0 Å². The summed E-state index contributed by atoms with van der Waals surface area (Å²) in [7, 11) is 1.82. The molecule has 1 aromatic heterocycles. The average Bonchev–Trinajstić information content (AvgIpc) is 2.80. The van der Waals surface area contributed by atoms with Crippen molar-refractivity contribution in [2.24, 2.45) is 0 Å². The molecule has 1 aromatic carbocycles. The Bertz CT molecular complexity index is 522. The second-order valence-electron chi connectivity index (χ2n) is 3.89. The van der Waals surface area contributed by atoms with Crippen LogP contribution in [-0.4, -0.2) is 27.3 Å². The van der Waals surface area contributed by atoms with Crippen LogP contribution in [0.3, 0.4) is 0 Å². The maximum Gasteiger partial charge on any atom is 0.173 e. The Labute approximate surface area is 98.6 Å². The van der Waals surface area contributed by atoms with Gasteiger partial charge in [0.15, 0.2) is 5.82 Å². The van der Waals surface area contributed by atoms with Gasteiger partial charge in [-0.3, -0.25) is 0 Å². The number of halogens is 1. The highest BCUT2D eigenvalue weighted by molar-refractivity contribution is 5.35. The van der Waals surface area contributed by atoms with Gasteiger partial charge >= 0.3 is 0 Å². The van der Waals surface area contributed by atoms with Crippen molar-refractivity contribution in [2.45, 2.75) is 19.9 Å². The highest BCUT2D eigenvalue weighted by Gasteiger charge is 2.14. The summed E-state index contributed by atoms with van der Waals surface area (Å²) in [6.45, 7) is 3.66. The van der Waals surface area contributed by atoms with Gasteiger partial charge in [0.1, 0.15) is 5.82 Å². The summed E-state index contributed by atoms with van der Waals surface area (Å²) in [4.78, 5) is 0. The number of hydrogen-bond donors (Lipinski definition) is 1. The summed E-state index contributed by atoms with van der Waals surface area (Å²) in [6, 6.07) is 4.92. The van der Waals surface area contributed by atoms with Crippen LogP contribution in [-0.2, 0) is 0 Å². The van der Waals surface area contributed by atoms with E-state index in [1.165, 1.54) is 10.7 Å². The van der Waals surface area contributed by atoms with Crippen LogP contribution in [0.4, 0.5) is 4.39 Å². The first-order chi connectivity index (χ1) is 8.13. The number of nitrogens with one attached hydrogen (secondary N) is 1. The standard InChI is InChI=1S/C11H14FN5/c1-7-4-5-9(6-10(7)12)17-11(8(2)13-3)14-15-16-17/h4-6,8,13H,1-3H3. The molecule has 17 heavy (non-hydrogen) atoms. The number of hydrogen-bond acceptors (Lipinski definition) is 4. The zero-order valence-corrected chi connectivity index (χ0v) is 9.98. The van der Waals surface area contributed by atoms with Gasteiger partial charge in [0.25, 0.3) is 0 Å². The second-order valence-corrected chi connectivity index (χ2v) is 3.89.